The highest BCUT2D eigenvalue weighted by molar-refractivity contribution is 6.29. The molecule has 196 valence electrons. The summed E-state index contributed by atoms with van der Waals surface area (Å²) in [7, 11) is 0. The Labute approximate surface area is 232 Å². The van der Waals surface area contributed by atoms with Crippen LogP contribution in [0.15, 0.2) is 121 Å². The first-order chi connectivity index (χ1) is 19.9. The molecule has 8 aromatic carbocycles. The van der Waals surface area contributed by atoms with Crippen LogP contribution in [0.3, 0.4) is 0 Å². The fraction of sp³-hybridized carbons (Fsp3) is 0.0270. The Bertz CT molecular complexity index is 2240. The van der Waals surface area contributed by atoms with Gasteiger partial charge in [-0.2, -0.15) is 13.2 Å². The van der Waals surface area contributed by atoms with Gasteiger partial charge in [-0.05, 0) is 77.5 Å². The Balaban J connectivity index is 1.46. The van der Waals surface area contributed by atoms with Gasteiger partial charge in [0.1, 0.15) is 5.82 Å². The lowest BCUT2D eigenvalue weighted by atomic mass is 9.85. The van der Waals surface area contributed by atoms with Gasteiger partial charge in [0.25, 0.3) is 0 Å². The Morgan fingerprint density at radius 3 is 1.41 bits per heavy atom. The normalized spacial score (nSPS) is 12.4. The molecule has 0 aromatic heterocycles. The van der Waals surface area contributed by atoms with Crippen LogP contribution in [0.4, 0.5) is 17.6 Å². The highest BCUT2D eigenvalue weighted by Gasteiger charge is 2.30. The van der Waals surface area contributed by atoms with Gasteiger partial charge in [0, 0.05) is 10.8 Å². The summed E-state index contributed by atoms with van der Waals surface area (Å²) in [6, 6.07) is 37.1. The first kappa shape index (κ1) is 23.9. The fourth-order valence-corrected chi connectivity index (χ4v) is 6.47. The molecule has 8 rings (SSSR count). The van der Waals surface area contributed by atoms with E-state index in [-0.39, 0.29) is 5.82 Å². The van der Waals surface area contributed by atoms with Gasteiger partial charge in [0.05, 0.1) is 5.56 Å². The van der Waals surface area contributed by atoms with Gasteiger partial charge in [0.2, 0.25) is 0 Å². The maximum absolute atomic E-state index is 15.6. The smallest absolute Gasteiger partial charge is 0.206 e. The second-order valence-electron chi connectivity index (χ2n) is 10.5. The summed E-state index contributed by atoms with van der Waals surface area (Å²) in [5, 5.41) is 9.17. The van der Waals surface area contributed by atoms with Crippen molar-refractivity contribution in [1.29, 1.82) is 0 Å². The molecule has 0 unspecified atom stereocenters. The Kier molecular flexibility index (Phi) is 4.96. The van der Waals surface area contributed by atoms with Crippen LogP contribution in [-0.4, -0.2) is 0 Å². The molecule has 0 spiro atoms. The molecule has 0 nitrogen and oxygen atoms in total. The molecule has 0 radical (unpaired) electrons. The molecule has 0 heterocycles. The molecule has 0 aliphatic rings. The van der Waals surface area contributed by atoms with Crippen molar-refractivity contribution in [2.75, 3.05) is 0 Å². The van der Waals surface area contributed by atoms with E-state index in [2.05, 4.69) is 36.4 Å². The minimum absolute atomic E-state index is 0.223. The number of benzene rings is 8. The van der Waals surface area contributed by atoms with Crippen LogP contribution in [0.1, 0.15) is 5.56 Å². The lowest BCUT2D eigenvalue weighted by molar-refractivity contribution is -0.137. The third-order valence-electron chi connectivity index (χ3n) is 8.32. The predicted molar refractivity (Wildman–Crippen MR) is 161 cm³/mol. The maximum Gasteiger partial charge on any atom is 0.416 e. The van der Waals surface area contributed by atoms with Crippen LogP contribution < -0.4 is 0 Å². The van der Waals surface area contributed by atoms with Crippen molar-refractivity contribution in [3.05, 3.63) is 133 Å². The molecule has 0 amide bonds. The van der Waals surface area contributed by atoms with Gasteiger partial charge < -0.3 is 0 Å². The summed E-state index contributed by atoms with van der Waals surface area (Å²) < 4.78 is 55.3. The van der Waals surface area contributed by atoms with Gasteiger partial charge in [0.15, 0.2) is 0 Å². The molecule has 8 aromatic rings. The molecule has 0 N–H and O–H groups in total. The number of rotatable bonds is 2. The second kappa shape index (κ2) is 8.52. The van der Waals surface area contributed by atoms with Gasteiger partial charge in [-0.3, -0.25) is 0 Å². The average Bonchev–Trinajstić information content (AvgIpc) is 3.00. The molecular weight excluding hydrogens is 520 g/mol. The van der Waals surface area contributed by atoms with Crippen LogP contribution in [0.2, 0.25) is 0 Å². The van der Waals surface area contributed by atoms with Crippen LogP contribution in [0.5, 0.6) is 0 Å². The molecular formula is C37H20F4. The van der Waals surface area contributed by atoms with E-state index in [4.69, 9.17) is 0 Å². The largest absolute Gasteiger partial charge is 0.416 e. The van der Waals surface area contributed by atoms with E-state index < -0.39 is 11.7 Å². The van der Waals surface area contributed by atoms with E-state index in [1.807, 2.05) is 60.7 Å². The quantitative estimate of drug-likeness (QED) is 0.116. The van der Waals surface area contributed by atoms with E-state index in [1.54, 1.807) is 0 Å². The first-order valence-electron chi connectivity index (χ1n) is 13.4. The van der Waals surface area contributed by atoms with E-state index in [1.165, 1.54) is 12.1 Å². The summed E-state index contributed by atoms with van der Waals surface area (Å²) in [5.41, 5.74) is 2.94. The lowest BCUT2D eigenvalue weighted by Crippen LogP contribution is -2.04. The molecule has 41 heavy (non-hydrogen) atoms. The number of fused-ring (bicyclic) bond motifs is 2. The van der Waals surface area contributed by atoms with E-state index in [9.17, 15) is 13.2 Å². The fourth-order valence-electron chi connectivity index (χ4n) is 6.47. The molecule has 0 aliphatic heterocycles. The summed E-state index contributed by atoms with van der Waals surface area (Å²) in [6.07, 6.45) is -4.38. The molecule has 0 bridgehead atoms. The number of hydrogen-bond donors (Lipinski definition) is 0. The molecule has 4 heteroatoms. The SMILES string of the molecule is Fc1c2ccccc2c(-c2ccc3ccc4c(-c5ccc(C(F)(F)F)cc5)ccc5ccc2c3c54)c2ccccc12. The zero-order chi connectivity index (χ0) is 27.9. The Hall–Kier alpha value is -4.96. The molecule has 0 fully saturated rings. The number of alkyl halides is 3. The van der Waals surface area contributed by atoms with E-state index in [0.717, 1.165) is 77.5 Å². The van der Waals surface area contributed by atoms with Crippen LogP contribution >= 0.6 is 0 Å². The Morgan fingerprint density at radius 1 is 0.415 bits per heavy atom. The van der Waals surface area contributed by atoms with Crippen molar-refractivity contribution in [1.82, 2.24) is 0 Å². The molecule has 0 atom stereocenters. The monoisotopic (exact) mass is 540 g/mol. The zero-order valence-electron chi connectivity index (χ0n) is 21.6. The van der Waals surface area contributed by atoms with Crippen molar-refractivity contribution in [2.24, 2.45) is 0 Å². The number of halogens is 4. The van der Waals surface area contributed by atoms with Crippen molar-refractivity contribution >= 4 is 53.9 Å². The maximum atomic E-state index is 15.6. The zero-order valence-corrected chi connectivity index (χ0v) is 21.6. The Morgan fingerprint density at radius 2 is 0.878 bits per heavy atom. The van der Waals surface area contributed by atoms with E-state index in [0.29, 0.717) is 10.8 Å². The summed E-state index contributed by atoms with van der Waals surface area (Å²) >= 11 is 0. The standard InChI is InChI=1S/C37H20F4/c38-36-31-7-3-1-5-26(31)35(27-6-2-4-8-32(27)36)30-20-14-23-12-18-28-25(21-9-15-24(16-10-21)37(39,40)41)17-11-22-13-19-29(30)34(23)33(22)28/h1-20H. The van der Waals surface area contributed by atoms with Gasteiger partial charge in [-0.15, -0.1) is 0 Å². The molecule has 0 saturated heterocycles. The summed E-state index contributed by atoms with van der Waals surface area (Å²) in [6.45, 7) is 0. The first-order valence-corrected chi connectivity index (χ1v) is 13.4. The van der Waals surface area contributed by atoms with Gasteiger partial charge >= 0.3 is 6.18 Å². The highest BCUT2D eigenvalue weighted by Crippen LogP contribution is 2.46. The third-order valence-corrected chi connectivity index (χ3v) is 8.32. The minimum atomic E-state index is -4.38. The molecule has 0 aliphatic carbocycles. The van der Waals surface area contributed by atoms with Crippen molar-refractivity contribution in [2.45, 2.75) is 6.18 Å². The van der Waals surface area contributed by atoms with E-state index >= 15 is 4.39 Å². The topological polar surface area (TPSA) is 0 Å². The summed E-state index contributed by atoms with van der Waals surface area (Å²) in [5.74, 6) is -0.223. The van der Waals surface area contributed by atoms with Gasteiger partial charge in [-0.1, -0.05) is 109 Å². The van der Waals surface area contributed by atoms with Crippen molar-refractivity contribution < 1.29 is 17.6 Å². The minimum Gasteiger partial charge on any atom is -0.206 e. The summed E-state index contributed by atoms with van der Waals surface area (Å²) in [4.78, 5) is 0. The van der Waals surface area contributed by atoms with Crippen LogP contribution in [-0.2, 0) is 6.18 Å². The average molecular weight is 541 g/mol. The van der Waals surface area contributed by atoms with Crippen molar-refractivity contribution in [3.8, 4) is 22.3 Å². The van der Waals surface area contributed by atoms with Gasteiger partial charge in [-0.25, -0.2) is 4.39 Å². The highest BCUT2D eigenvalue weighted by atomic mass is 19.4. The predicted octanol–water partition coefficient (Wildman–Crippen LogP) is 11.4. The second-order valence-corrected chi connectivity index (χ2v) is 10.5. The molecule has 0 saturated carbocycles. The third kappa shape index (κ3) is 3.47. The van der Waals surface area contributed by atoms with Crippen LogP contribution in [0.25, 0.3) is 76.1 Å². The lowest BCUT2D eigenvalue weighted by Gasteiger charge is -2.19. The van der Waals surface area contributed by atoms with Crippen LogP contribution in [0, 0.1) is 5.82 Å². The number of hydrogen-bond acceptors (Lipinski definition) is 0. The van der Waals surface area contributed by atoms with Crippen molar-refractivity contribution in [3.63, 3.8) is 0 Å².